The number of hydrogen-bond donors (Lipinski definition) is 4. The van der Waals surface area contributed by atoms with Crippen LogP contribution < -0.4 is 15.4 Å². The number of carboxylic acid groups (broad SMARTS) is 1. The largest absolute Gasteiger partial charge is 0.497 e. The maximum absolute atomic E-state index is 11.7. The van der Waals surface area contributed by atoms with E-state index in [2.05, 4.69) is 10.6 Å². The molecule has 1 rings (SSSR count). The third-order valence-corrected chi connectivity index (χ3v) is 2.70. The number of methoxy groups -OCH3 is 1. The van der Waals surface area contributed by atoms with Gasteiger partial charge in [0.2, 0.25) is 0 Å². The molecule has 2 amide bonds. The maximum Gasteiger partial charge on any atom is 0.326 e. The maximum atomic E-state index is 11.7. The van der Waals surface area contributed by atoms with Crippen molar-refractivity contribution in [2.75, 3.05) is 19.0 Å². The van der Waals surface area contributed by atoms with Gasteiger partial charge in [-0.15, -0.1) is 0 Å². The number of anilines is 1. The highest BCUT2D eigenvalue weighted by Gasteiger charge is 2.19. The fourth-order valence-corrected chi connectivity index (χ4v) is 1.61. The third-order valence-electron chi connectivity index (χ3n) is 2.70. The van der Waals surface area contributed by atoms with Crippen molar-refractivity contribution in [2.24, 2.45) is 0 Å². The van der Waals surface area contributed by atoms with Crippen molar-refractivity contribution in [2.45, 2.75) is 19.4 Å². The summed E-state index contributed by atoms with van der Waals surface area (Å²) in [5.74, 6) is -0.530. The number of aliphatic hydroxyl groups is 1. The summed E-state index contributed by atoms with van der Waals surface area (Å²) in [7, 11) is 1.54. The number of ether oxygens (including phenoxy) is 1. The molecule has 0 aromatic heterocycles. The molecule has 0 saturated heterocycles. The SMILES string of the molecule is COc1ccc(NC(=O)N[C@@H](CCO)C(=O)O)c(C)c1. The lowest BCUT2D eigenvalue weighted by Crippen LogP contribution is -2.43. The predicted octanol–water partition coefficient (Wildman–Crippen LogP) is 0.961. The summed E-state index contributed by atoms with van der Waals surface area (Å²) in [5.41, 5.74) is 1.34. The molecule has 0 aliphatic rings. The van der Waals surface area contributed by atoms with E-state index in [0.29, 0.717) is 11.4 Å². The van der Waals surface area contributed by atoms with Gasteiger partial charge in [-0.25, -0.2) is 9.59 Å². The lowest BCUT2D eigenvalue weighted by molar-refractivity contribution is -0.139. The number of aliphatic carboxylic acids is 1. The van der Waals surface area contributed by atoms with Crippen LogP contribution in [0.1, 0.15) is 12.0 Å². The minimum atomic E-state index is -1.19. The van der Waals surface area contributed by atoms with Gasteiger partial charge in [0.25, 0.3) is 0 Å². The minimum absolute atomic E-state index is 0.0512. The number of urea groups is 1. The van der Waals surface area contributed by atoms with E-state index in [-0.39, 0.29) is 13.0 Å². The minimum Gasteiger partial charge on any atom is -0.497 e. The molecular weight excluding hydrogens is 264 g/mol. The fraction of sp³-hybridized carbons (Fsp3) is 0.385. The summed E-state index contributed by atoms with van der Waals surface area (Å²) in [5, 5.41) is 22.4. The summed E-state index contributed by atoms with van der Waals surface area (Å²) < 4.78 is 5.05. The number of carbonyl (C=O) groups is 2. The quantitative estimate of drug-likeness (QED) is 0.621. The van der Waals surface area contributed by atoms with Crippen LogP contribution in [-0.4, -0.2) is 42.0 Å². The van der Waals surface area contributed by atoms with E-state index in [1.807, 2.05) is 0 Å². The van der Waals surface area contributed by atoms with Crippen LogP contribution in [0.2, 0.25) is 0 Å². The average molecular weight is 282 g/mol. The van der Waals surface area contributed by atoms with E-state index >= 15 is 0 Å². The van der Waals surface area contributed by atoms with Crippen LogP contribution in [0.25, 0.3) is 0 Å². The Morgan fingerprint density at radius 1 is 1.40 bits per heavy atom. The van der Waals surface area contributed by atoms with Gasteiger partial charge in [0.05, 0.1) is 7.11 Å². The molecule has 0 radical (unpaired) electrons. The van der Waals surface area contributed by atoms with E-state index in [4.69, 9.17) is 14.9 Å². The van der Waals surface area contributed by atoms with Crippen LogP contribution in [0.4, 0.5) is 10.5 Å². The second-order valence-electron chi connectivity index (χ2n) is 4.18. The van der Waals surface area contributed by atoms with Crippen molar-refractivity contribution in [1.29, 1.82) is 0 Å². The topological polar surface area (TPSA) is 108 Å². The van der Waals surface area contributed by atoms with Crippen molar-refractivity contribution in [3.63, 3.8) is 0 Å². The summed E-state index contributed by atoms with van der Waals surface area (Å²) in [6.45, 7) is 1.47. The molecule has 1 atom stereocenters. The van der Waals surface area contributed by atoms with Crippen molar-refractivity contribution in [1.82, 2.24) is 5.32 Å². The predicted molar refractivity (Wildman–Crippen MR) is 73.0 cm³/mol. The Hall–Kier alpha value is -2.28. The van der Waals surface area contributed by atoms with Crippen LogP contribution in [-0.2, 0) is 4.79 Å². The number of amides is 2. The van der Waals surface area contributed by atoms with Gasteiger partial charge in [0, 0.05) is 18.7 Å². The first kappa shape index (κ1) is 15.8. The molecule has 0 fully saturated rings. The van der Waals surface area contributed by atoms with Crippen LogP contribution in [0.15, 0.2) is 18.2 Å². The van der Waals surface area contributed by atoms with Crippen LogP contribution in [0.5, 0.6) is 5.75 Å². The van der Waals surface area contributed by atoms with Crippen molar-refractivity contribution < 1.29 is 24.5 Å². The Labute approximate surface area is 116 Å². The molecule has 0 aliphatic carbocycles. The highest BCUT2D eigenvalue weighted by molar-refractivity contribution is 5.92. The summed E-state index contributed by atoms with van der Waals surface area (Å²) in [6.07, 6.45) is -0.0512. The zero-order chi connectivity index (χ0) is 15.1. The second-order valence-corrected chi connectivity index (χ2v) is 4.18. The number of carbonyl (C=O) groups excluding carboxylic acids is 1. The molecule has 7 nitrogen and oxygen atoms in total. The van der Waals surface area contributed by atoms with Gasteiger partial charge in [0.15, 0.2) is 0 Å². The highest BCUT2D eigenvalue weighted by atomic mass is 16.5. The molecular formula is C13H18N2O5. The van der Waals surface area contributed by atoms with Crippen LogP contribution >= 0.6 is 0 Å². The van der Waals surface area contributed by atoms with Gasteiger partial charge < -0.3 is 25.6 Å². The molecule has 4 N–H and O–H groups in total. The van der Waals surface area contributed by atoms with Crippen LogP contribution in [0, 0.1) is 6.92 Å². The molecule has 0 spiro atoms. The normalized spacial score (nSPS) is 11.6. The summed E-state index contributed by atoms with van der Waals surface area (Å²) in [4.78, 5) is 22.6. The fourth-order valence-electron chi connectivity index (χ4n) is 1.61. The standard InChI is InChI=1S/C13H18N2O5/c1-8-7-9(20-2)3-4-10(8)14-13(19)15-11(5-6-16)12(17)18/h3-4,7,11,16H,5-6H2,1-2H3,(H,17,18)(H2,14,15,19)/t11-/m0/s1. The second kappa shape index (κ2) is 7.34. The number of carboxylic acids is 1. The lowest BCUT2D eigenvalue weighted by atomic mass is 10.2. The molecule has 0 heterocycles. The number of aliphatic hydroxyl groups excluding tert-OH is 1. The zero-order valence-electron chi connectivity index (χ0n) is 11.3. The van der Waals surface area contributed by atoms with Gasteiger partial charge in [-0.05, 0) is 30.7 Å². The highest BCUT2D eigenvalue weighted by Crippen LogP contribution is 2.20. The number of benzene rings is 1. The third kappa shape index (κ3) is 4.43. The van der Waals surface area contributed by atoms with Gasteiger partial charge >= 0.3 is 12.0 Å². The Bertz CT molecular complexity index is 490. The first-order valence-electron chi connectivity index (χ1n) is 6.03. The molecule has 0 saturated carbocycles. The summed E-state index contributed by atoms with van der Waals surface area (Å²) in [6, 6.07) is 3.33. The first-order chi connectivity index (χ1) is 9.47. The van der Waals surface area contributed by atoms with E-state index in [9.17, 15) is 9.59 Å². The smallest absolute Gasteiger partial charge is 0.326 e. The van der Waals surface area contributed by atoms with Gasteiger partial charge in [-0.1, -0.05) is 0 Å². The monoisotopic (exact) mass is 282 g/mol. The van der Waals surface area contributed by atoms with Gasteiger partial charge in [0.1, 0.15) is 11.8 Å². The number of nitrogens with one attached hydrogen (secondary N) is 2. The van der Waals surface area contributed by atoms with Crippen LogP contribution in [0.3, 0.4) is 0 Å². The lowest BCUT2D eigenvalue weighted by Gasteiger charge is -2.15. The zero-order valence-corrected chi connectivity index (χ0v) is 11.3. The molecule has 1 aromatic carbocycles. The molecule has 1 aromatic rings. The molecule has 0 bridgehead atoms. The van der Waals surface area contributed by atoms with Crippen molar-refractivity contribution in [3.8, 4) is 5.75 Å². The van der Waals surface area contributed by atoms with Gasteiger partial charge in [-0.2, -0.15) is 0 Å². The molecule has 7 heteroatoms. The van der Waals surface area contributed by atoms with E-state index < -0.39 is 18.0 Å². The van der Waals surface area contributed by atoms with E-state index in [0.717, 1.165) is 5.56 Å². The van der Waals surface area contributed by atoms with E-state index in [1.165, 1.54) is 0 Å². The Balaban J connectivity index is 2.68. The van der Waals surface area contributed by atoms with E-state index in [1.54, 1.807) is 32.2 Å². The Morgan fingerprint density at radius 3 is 2.60 bits per heavy atom. The molecule has 0 unspecified atom stereocenters. The summed E-state index contributed by atoms with van der Waals surface area (Å²) >= 11 is 0. The first-order valence-corrected chi connectivity index (χ1v) is 6.03. The van der Waals surface area contributed by atoms with Gasteiger partial charge in [-0.3, -0.25) is 0 Å². The Kier molecular flexibility index (Phi) is 5.79. The molecule has 20 heavy (non-hydrogen) atoms. The van der Waals surface area contributed by atoms with Crippen molar-refractivity contribution >= 4 is 17.7 Å². The number of rotatable bonds is 6. The average Bonchev–Trinajstić information content (AvgIpc) is 2.40. The van der Waals surface area contributed by atoms with Crippen molar-refractivity contribution in [3.05, 3.63) is 23.8 Å². The Morgan fingerprint density at radius 2 is 2.10 bits per heavy atom. The number of aryl methyl sites for hydroxylation is 1. The number of hydrogen-bond acceptors (Lipinski definition) is 4. The molecule has 0 aliphatic heterocycles. The molecule has 110 valence electrons.